The van der Waals surface area contributed by atoms with E-state index in [1.165, 1.54) is 23.1 Å². The summed E-state index contributed by atoms with van der Waals surface area (Å²) in [7, 11) is 0. The highest BCUT2D eigenvalue weighted by Gasteiger charge is 2.06. The summed E-state index contributed by atoms with van der Waals surface area (Å²) in [6.45, 7) is 0. The van der Waals surface area contributed by atoms with Gasteiger partial charge in [-0.1, -0.05) is 11.8 Å². The van der Waals surface area contributed by atoms with Crippen molar-refractivity contribution >= 4 is 29.1 Å². The molecule has 0 fully saturated rings. The summed E-state index contributed by atoms with van der Waals surface area (Å²) in [4.78, 5) is 18.7. The van der Waals surface area contributed by atoms with Crippen molar-refractivity contribution in [2.75, 3.05) is 5.75 Å². The number of rotatable bonds is 4. The van der Waals surface area contributed by atoms with Crippen LogP contribution in [0.1, 0.15) is 0 Å². The molecule has 6 heteroatoms. The molecule has 2 rings (SSSR count). The summed E-state index contributed by atoms with van der Waals surface area (Å²) in [5, 5.41) is 10.4. The molecule has 0 unspecified atom stereocenters. The number of hydrogen-bond donors (Lipinski definition) is 1. The zero-order chi connectivity index (χ0) is 11.4. The smallest absolute Gasteiger partial charge is 0.313 e. The van der Waals surface area contributed by atoms with Crippen LogP contribution < -0.4 is 0 Å². The molecule has 2 aromatic heterocycles. The average Bonchev–Trinajstić information content (AvgIpc) is 2.76. The van der Waals surface area contributed by atoms with Crippen LogP contribution in [0, 0.1) is 0 Å². The Balaban J connectivity index is 2.11. The number of carbonyl (C=O) groups is 1. The van der Waals surface area contributed by atoms with Gasteiger partial charge in [0.2, 0.25) is 0 Å². The van der Waals surface area contributed by atoms with Crippen LogP contribution in [0.2, 0.25) is 0 Å². The highest BCUT2D eigenvalue weighted by Crippen LogP contribution is 2.27. The molecule has 0 saturated heterocycles. The summed E-state index contributed by atoms with van der Waals surface area (Å²) in [5.74, 6) is -0.789. The van der Waals surface area contributed by atoms with Gasteiger partial charge in [-0.05, 0) is 12.1 Å². The van der Waals surface area contributed by atoms with Gasteiger partial charge in [-0.15, -0.1) is 11.3 Å². The van der Waals surface area contributed by atoms with E-state index in [9.17, 15) is 4.79 Å². The first-order valence-corrected chi connectivity index (χ1v) is 6.33. The summed E-state index contributed by atoms with van der Waals surface area (Å²) in [5.41, 5.74) is 1.78. The van der Waals surface area contributed by atoms with Gasteiger partial charge in [0.25, 0.3) is 0 Å². The van der Waals surface area contributed by atoms with Crippen molar-refractivity contribution in [3.05, 3.63) is 29.9 Å². The number of thiazole rings is 1. The van der Waals surface area contributed by atoms with E-state index in [0.29, 0.717) is 0 Å². The van der Waals surface area contributed by atoms with Crippen LogP contribution in [0.4, 0.5) is 0 Å². The third kappa shape index (κ3) is 2.80. The second-order valence-electron chi connectivity index (χ2n) is 2.92. The Kier molecular flexibility index (Phi) is 3.53. The van der Waals surface area contributed by atoms with Crippen LogP contribution in [-0.2, 0) is 4.79 Å². The minimum atomic E-state index is -0.830. The minimum absolute atomic E-state index is 0.0417. The van der Waals surface area contributed by atoms with Crippen molar-refractivity contribution in [2.45, 2.75) is 4.34 Å². The number of aromatic nitrogens is 2. The van der Waals surface area contributed by atoms with Gasteiger partial charge in [0.15, 0.2) is 4.34 Å². The highest BCUT2D eigenvalue weighted by molar-refractivity contribution is 8.01. The third-order valence-corrected chi connectivity index (χ3v) is 3.77. The molecule has 2 heterocycles. The lowest BCUT2D eigenvalue weighted by molar-refractivity contribution is -0.133. The van der Waals surface area contributed by atoms with Gasteiger partial charge in [0.05, 0.1) is 11.4 Å². The molecule has 0 spiro atoms. The number of pyridine rings is 1. The third-order valence-electron chi connectivity index (χ3n) is 1.76. The van der Waals surface area contributed by atoms with Crippen LogP contribution in [0.25, 0.3) is 11.3 Å². The molecule has 0 bridgehead atoms. The lowest BCUT2D eigenvalue weighted by Crippen LogP contribution is -1.96. The minimum Gasteiger partial charge on any atom is -0.481 e. The van der Waals surface area contributed by atoms with Crippen LogP contribution in [-0.4, -0.2) is 26.8 Å². The molecular formula is C10H8N2O2S2. The van der Waals surface area contributed by atoms with Gasteiger partial charge in [-0.25, -0.2) is 4.98 Å². The Bertz CT molecular complexity index is 485. The van der Waals surface area contributed by atoms with E-state index >= 15 is 0 Å². The summed E-state index contributed by atoms with van der Waals surface area (Å²) < 4.78 is 0.765. The predicted molar refractivity (Wildman–Crippen MR) is 63.7 cm³/mol. The van der Waals surface area contributed by atoms with Crippen LogP contribution in [0.3, 0.4) is 0 Å². The molecule has 1 N–H and O–H groups in total. The molecule has 0 radical (unpaired) electrons. The van der Waals surface area contributed by atoms with Crippen molar-refractivity contribution in [3.63, 3.8) is 0 Å². The van der Waals surface area contributed by atoms with Gasteiger partial charge in [0, 0.05) is 23.3 Å². The van der Waals surface area contributed by atoms with E-state index in [1.807, 2.05) is 17.5 Å². The van der Waals surface area contributed by atoms with Gasteiger partial charge in [-0.3, -0.25) is 9.78 Å². The van der Waals surface area contributed by atoms with Crippen molar-refractivity contribution in [1.29, 1.82) is 0 Å². The first kappa shape index (κ1) is 11.1. The van der Waals surface area contributed by atoms with Crippen LogP contribution in [0.5, 0.6) is 0 Å². The monoisotopic (exact) mass is 252 g/mol. The molecule has 0 atom stereocenters. The standard InChI is InChI=1S/C10H8N2O2S2/c13-9(14)6-16-10-12-8(5-15-10)7-2-1-3-11-4-7/h1-5H,6H2,(H,13,14). The van der Waals surface area contributed by atoms with Gasteiger partial charge in [0.1, 0.15) is 0 Å². The molecule has 0 aliphatic carbocycles. The van der Waals surface area contributed by atoms with Crippen LogP contribution >= 0.6 is 23.1 Å². The summed E-state index contributed by atoms with van der Waals surface area (Å²) in [6.07, 6.45) is 3.44. The molecule has 0 amide bonds. The maximum atomic E-state index is 10.4. The Labute approximate surface area is 100 Å². The first-order chi connectivity index (χ1) is 7.75. The zero-order valence-electron chi connectivity index (χ0n) is 8.16. The number of hydrogen-bond acceptors (Lipinski definition) is 5. The van der Waals surface area contributed by atoms with Crippen molar-refractivity contribution in [1.82, 2.24) is 9.97 Å². The van der Waals surface area contributed by atoms with Crippen molar-refractivity contribution < 1.29 is 9.90 Å². The predicted octanol–water partition coefficient (Wildman–Crippen LogP) is 2.38. The van der Waals surface area contributed by atoms with Crippen LogP contribution in [0.15, 0.2) is 34.2 Å². The van der Waals surface area contributed by atoms with Gasteiger partial charge < -0.3 is 5.11 Å². The molecule has 0 saturated carbocycles. The molecule has 0 aliphatic rings. The Morgan fingerprint density at radius 1 is 1.56 bits per heavy atom. The molecule has 4 nitrogen and oxygen atoms in total. The number of carboxylic acids is 1. The summed E-state index contributed by atoms with van der Waals surface area (Å²) >= 11 is 2.68. The summed E-state index contributed by atoms with van der Waals surface area (Å²) in [6, 6.07) is 3.77. The molecule has 16 heavy (non-hydrogen) atoms. The molecule has 82 valence electrons. The van der Waals surface area contributed by atoms with Gasteiger partial charge in [-0.2, -0.15) is 0 Å². The second kappa shape index (κ2) is 5.09. The number of aliphatic carboxylic acids is 1. The quantitative estimate of drug-likeness (QED) is 0.846. The zero-order valence-corrected chi connectivity index (χ0v) is 9.79. The molecule has 0 aromatic carbocycles. The second-order valence-corrected chi connectivity index (χ2v) is 5.00. The van der Waals surface area contributed by atoms with E-state index in [-0.39, 0.29) is 5.75 Å². The number of thioether (sulfide) groups is 1. The Morgan fingerprint density at radius 2 is 2.44 bits per heavy atom. The first-order valence-electron chi connectivity index (χ1n) is 4.46. The van der Waals surface area contributed by atoms with E-state index in [0.717, 1.165) is 15.6 Å². The Morgan fingerprint density at radius 3 is 3.12 bits per heavy atom. The molecule has 2 aromatic rings. The lowest BCUT2D eigenvalue weighted by atomic mass is 10.2. The maximum Gasteiger partial charge on any atom is 0.313 e. The van der Waals surface area contributed by atoms with E-state index in [2.05, 4.69) is 9.97 Å². The van der Waals surface area contributed by atoms with Gasteiger partial charge >= 0.3 is 5.97 Å². The van der Waals surface area contributed by atoms with E-state index in [1.54, 1.807) is 12.4 Å². The van der Waals surface area contributed by atoms with E-state index < -0.39 is 5.97 Å². The fourth-order valence-electron chi connectivity index (χ4n) is 1.09. The lowest BCUT2D eigenvalue weighted by Gasteiger charge is -1.93. The number of carboxylic acid groups (broad SMARTS) is 1. The van der Waals surface area contributed by atoms with Crippen molar-refractivity contribution in [2.24, 2.45) is 0 Å². The largest absolute Gasteiger partial charge is 0.481 e. The Hall–Kier alpha value is -1.40. The normalized spacial score (nSPS) is 10.2. The van der Waals surface area contributed by atoms with Crippen molar-refractivity contribution in [3.8, 4) is 11.3 Å². The topological polar surface area (TPSA) is 63.1 Å². The molecular weight excluding hydrogens is 244 g/mol. The highest BCUT2D eigenvalue weighted by atomic mass is 32.2. The average molecular weight is 252 g/mol. The fraction of sp³-hybridized carbons (Fsp3) is 0.100. The SMILES string of the molecule is O=C(O)CSc1nc(-c2cccnc2)cs1. The van der Waals surface area contributed by atoms with E-state index in [4.69, 9.17) is 5.11 Å². The fourth-order valence-corrected chi connectivity index (χ4v) is 2.65. The maximum absolute atomic E-state index is 10.4. The molecule has 0 aliphatic heterocycles. The number of nitrogens with zero attached hydrogens (tertiary/aromatic N) is 2.